The van der Waals surface area contributed by atoms with Crippen LogP contribution < -0.4 is 5.32 Å². The van der Waals surface area contributed by atoms with E-state index < -0.39 is 0 Å². The molecule has 1 atom stereocenters. The number of nitrogens with one attached hydrogen (secondary N) is 1. The van der Waals surface area contributed by atoms with Crippen LogP contribution in [0.2, 0.25) is 0 Å². The Hall–Kier alpha value is -2.28. The number of fused-ring (bicyclic) bond motifs is 1. The summed E-state index contributed by atoms with van der Waals surface area (Å²) in [4.78, 5) is 14.6. The normalized spacial score (nSPS) is 19.0. The number of nitrogens with zero attached hydrogens (tertiary/aromatic N) is 4. The quantitative estimate of drug-likeness (QED) is 0.897. The number of likely N-dealkylation sites (tertiary alicyclic amines) is 1. The lowest BCUT2D eigenvalue weighted by molar-refractivity contribution is -0.132. The zero-order chi connectivity index (χ0) is 18.8. The Morgan fingerprint density at radius 3 is 2.70 bits per heavy atom. The van der Waals surface area contributed by atoms with E-state index in [1.807, 2.05) is 11.8 Å². The Bertz CT molecular complexity index is 795. The fourth-order valence-corrected chi connectivity index (χ4v) is 4.10. The molecule has 0 saturated carbocycles. The number of carbonyl (C=O) groups is 1. The third-order valence-electron chi connectivity index (χ3n) is 5.78. The molecule has 6 nitrogen and oxygen atoms in total. The van der Waals surface area contributed by atoms with Crippen LogP contribution in [0.15, 0.2) is 24.3 Å². The first-order chi connectivity index (χ1) is 13.1. The largest absolute Gasteiger partial charge is 0.343 e. The van der Waals surface area contributed by atoms with Crippen LogP contribution in [0.25, 0.3) is 0 Å². The van der Waals surface area contributed by atoms with Gasteiger partial charge in [0.05, 0.1) is 6.54 Å². The molecule has 1 amide bonds. The SMILES string of the molecule is CC(CC(=O)N1CCC(c2nnc3n2CCNC3)CC1)c1ccc(F)cc1. The molecule has 0 aliphatic carbocycles. The predicted octanol–water partition coefficient (Wildman–Crippen LogP) is 2.42. The Morgan fingerprint density at radius 2 is 1.96 bits per heavy atom. The van der Waals surface area contributed by atoms with Crippen molar-refractivity contribution < 1.29 is 9.18 Å². The van der Waals surface area contributed by atoms with Gasteiger partial charge in [0.25, 0.3) is 0 Å². The summed E-state index contributed by atoms with van der Waals surface area (Å²) in [6.07, 6.45) is 2.33. The number of hydrogen-bond donors (Lipinski definition) is 1. The molecule has 3 heterocycles. The number of carbonyl (C=O) groups excluding carboxylic acids is 1. The van der Waals surface area contributed by atoms with Crippen LogP contribution >= 0.6 is 0 Å². The van der Waals surface area contributed by atoms with Gasteiger partial charge >= 0.3 is 0 Å². The third-order valence-corrected chi connectivity index (χ3v) is 5.78. The van der Waals surface area contributed by atoms with Crippen LogP contribution in [0, 0.1) is 5.82 Å². The molecule has 1 fully saturated rings. The van der Waals surface area contributed by atoms with Gasteiger partial charge < -0.3 is 14.8 Å². The predicted molar refractivity (Wildman–Crippen MR) is 99.7 cm³/mol. The second kappa shape index (κ2) is 7.76. The average Bonchev–Trinajstić information content (AvgIpc) is 3.12. The number of benzene rings is 1. The minimum atomic E-state index is -0.245. The first-order valence-electron chi connectivity index (χ1n) is 9.77. The highest BCUT2D eigenvalue weighted by Crippen LogP contribution is 2.29. The van der Waals surface area contributed by atoms with Crippen molar-refractivity contribution in [2.24, 2.45) is 0 Å². The van der Waals surface area contributed by atoms with Gasteiger partial charge in [-0.15, -0.1) is 10.2 Å². The maximum absolute atomic E-state index is 13.1. The van der Waals surface area contributed by atoms with Crippen molar-refractivity contribution in [1.82, 2.24) is 25.0 Å². The molecule has 2 aliphatic heterocycles. The summed E-state index contributed by atoms with van der Waals surface area (Å²) < 4.78 is 15.3. The van der Waals surface area contributed by atoms with Crippen LogP contribution in [0.3, 0.4) is 0 Å². The number of rotatable bonds is 4. The summed E-state index contributed by atoms with van der Waals surface area (Å²) >= 11 is 0. The number of amides is 1. The number of hydrogen-bond acceptors (Lipinski definition) is 4. The van der Waals surface area contributed by atoms with Gasteiger partial charge in [-0.25, -0.2) is 4.39 Å². The van der Waals surface area contributed by atoms with Gasteiger partial charge in [-0.05, 0) is 36.5 Å². The van der Waals surface area contributed by atoms with Crippen LogP contribution in [-0.4, -0.2) is 45.2 Å². The lowest BCUT2D eigenvalue weighted by Gasteiger charge is -2.32. The van der Waals surface area contributed by atoms with Crippen molar-refractivity contribution in [2.75, 3.05) is 19.6 Å². The van der Waals surface area contributed by atoms with Gasteiger partial charge in [0, 0.05) is 38.5 Å². The standard InChI is InChI=1S/C20H26FN5O/c1-14(15-2-4-17(21)5-3-15)12-19(27)25-9-6-16(7-10-25)20-24-23-18-13-22-8-11-26(18)20/h2-5,14,16,22H,6-13H2,1H3. The van der Waals surface area contributed by atoms with Gasteiger partial charge in [-0.2, -0.15) is 0 Å². The van der Waals surface area contributed by atoms with E-state index in [0.29, 0.717) is 12.3 Å². The Balaban J connectivity index is 1.33. The van der Waals surface area contributed by atoms with Crippen LogP contribution in [-0.2, 0) is 17.9 Å². The Morgan fingerprint density at radius 1 is 1.22 bits per heavy atom. The monoisotopic (exact) mass is 371 g/mol. The molecule has 1 N–H and O–H groups in total. The molecule has 0 bridgehead atoms. The van der Waals surface area contributed by atoms with Crippen molar-refractivity contribution in [3.05, 3.63) is 47.3 Å². The minimum absolute atomic E-state index is 0.0897. The lowest BCUT2D eigenvalue weighted by atomic mass is 9.93. The highest BCUT2D eigenvalue weighted by Gasteiger charge is 2.29. The van der Waals surface area contributed by atoms with E-state index in [0.717, 1.165) is 62.8 Å². The summed E-state index contributed by atoms with van der Waals surface area (Å²) in [6.45, 7) is 6.21. The zero-order valence-corrected chi connectivity index (χ0v) is 15.7. The van der Waals surface area contributed by atoms with Crippen molar-refractivity contribution >= 4 is 5.91 Å². The smallest absolute Gasteiger partial charge is 0.223 e. The van der Waals surface area contributed by atoms with Gasteiger partial charge in [0.1, 0.15) is 17.5 Å². The minimum Gasteiger partial charge on any atom is -0.343 e. The Labute approximate surface area is 158 Å². The first-order valence-corrected chi connectivity index (χ1v) is 9.77. The summed E-state index contributed by atoms with van der Waals surface area (Å²) in [7, 11) is 0. The molecule has 1 aromatic heterocycles. The van der Waals surface area contributed by atoms with E-state index >= 15 is 0 Å². The van der Waals surface area contributed by atoms with E-state index in [2.05, 4.69) is 20.1 Å². The number of piperidine rings is 1. The van der Waals surface area contributed by atoms with Crippen molar-refractivity contribution in [3.8, 4) is 0 Å². The molecule has 2 aromatic rings. The van der Waals surface area contributed by atoms with Crippen molar-refractivity contribution in [3.63, 3.8) is 0 Å². The summed E-state index contributed by atoms with van der Waals surface area (Å²) in [5, 5.41) is 12.1. The molecule has 1 aromatic carbocycles. The van der Waals surface area contributed by atoms with E-state index in [-0.39, 0.29) is 17.6 Å². The van der Waals surface area contributed by atoms with Crippen LogP contribution in [0.1, 0.15) is 55.2 Å². The number of aromatic nitrogens is 3. The second-order valence-corrected chi connectivity index (χ2v) is 7.61. The second-order valence-electron chi connectivity index (χ2n) is 7.61. The molecule has 0 spiro atoms. The number of halogens is 1. The van der Waals surface area contributed by atoms with E-state index in [1.54, 1.807) is 12.1 Å². The fourth-order valence-electron chi connectivity index (χ4n) is 4.10. The third kappa shape index (κ3) is 3.88. The van der Waals surface area contributed by atoms with Crippen molar-refractivity contribution in [2.45, 2.75) is 51.1 Å². The first kappa shape index (κ1) is 18.1. The molecular weight excluding hydrogens is 345 g/mol. The fraction of sp³-hybridized carbons (Fsp3) is 0.550. The van der Waals surface area contributed by atoms with Crippen LogP contribution in [0.5, 0.6) is 0 Å². The maximum atomic E-state index is 13.1. The molecule has 7 heteroatoms. The van der Waals surface area contributed by atoms with Gasteiger partial charge in [0.2, 0.25) is 5.91 Å². The van der Waals surface area contributed by atoms with E-state index in [4.69, 9.17) is 0 Å². The van der Waals surface area contributed by atoms with Gasteiger partial charge in [-0.3, -0.25) is 4.79 Å². The maximum Gasteiger partial charge on any atom is 0.223 e. The van der Waals surface area contributed by atoms with E-state index in [9.17, 15) is 9.18 Å². The van der Waals surface area contributed by atoms with Crippen LogP contribution in [0.4, 0.5) is 4.39 Å². The summed E-state index contributed by atoms with van der Waals surface area (Å²) in [5.41, 5.74) is 1.00. The molecular formula is C20H26FN5O. The molecule has 1 saturated heterocycles. The van der Waals surface area contributed by atoms with Gasteiger partial charge in [0.15, 0.2) is 0 Å². The lowest BCUT2D eigenvalue weighted by Crippen LogP contribution is -2.39. The highest BCUT2D eigenvalue weighted by molar-refractivity contribution is 5.77. The van der Waals surface area contributed by atoms with E-state index in [1.165, 1.54) is 12.1 Å². The topological polar surface area (TPSA) is 63.1 Å². The molecule has 0 radical (unpaired) electrons. The molecule has 144 valence electrons. The summed E-state index contributed by atoms with van der Waals surface area (Å²) in [5.74, 6) is 2.50. The zero-order valence-electron chi connectivity index (χ0n) is 15.7. The van der Waals surface area contributed by atoms with Gasteiger partial charge in [-0.1, -0.05) is 19.1 Å². The molecule has 2 aliphatic rings. The molecule has 1 unspecified atom stereocenters. The summed E-state index contributed by atoms with van der Waals surface area (Å²) in [6, 6.07) is 6.44. The average molecular weight is 371 g/mol. The Kier molecular flexibility index (Phi) is 5.20. The van der Waals surface area contributed by atoms with Crippen molar-refractivity contribution in [1.29, 1.82) is 0 Å². The highest BCUT2D eigenvalue weighted by atomic mass is 19.1. The molecule has 4 rings (SSSR count). The molecule has 27 heavy (non-hydrogen) atoms.